The SMILES string of the molecule is C/C=C/[C@H]1C/C=C\C[C@H](OCc2ccc(OC)cc2)[C@@H](C=O)O1. The third-order valence-corrected chi connectivity index (χ3v) is 3.77. The van der Waals surface area contributed by atoms with Crippen LogP contribution in [0.1, 0.15) is 25.3 Å². The highest BCUT2D eigenvalue weighted by Gasteiger charge is 2.25. The van der Waals surface area contributed by atoms with Gasteiger partial charge in [-0.2, -0.15) is 0 Å². The van der Waals surface area contributed by atoms with Crippen LogP contribution >= 0.6 is 0 Å². The van der Waals surface area contributed by atoms with Gasteiger partial charge in [-0.05, 0) is 37.5 Å². The Morgan fingerprint density at radius 2 is 1.96 bits per heavy atom. The first-order valence-corrected chi connectivity index (χ1v) is 7.90. The Labute approximate surface area is 137 Å². The fraction of sp³-hybridized carbons (Fsp3) is 0.421. The summed E-state index contributed by atoms with van der Waals surface area (Å²) in [5.41, 5.74) is 1.03. The van der Waals surface area contributed by atoms with E-state index in [4.69, 9.17) is 14.2 Å². The third kappa shape index (κ3) is 5.34. The summed E-state index contributed by atoms with van der Waals surface area (Å²) in [6, 6.07) is 7.70. The molecule has 1 heterocycles. The number of carbonyl (C=O) groups excluding carboxylic acids is 1. The van der Waals surface area contributed by atoms with Gasteiger partial charge in [0, 0.05) is 0 Å². The normalized spacial score (nSPS) is 26.4. The lowest BCUT2D eigenvalue weighted by atomic mass is 10.1. The number of rotatable bonds is 6. The highest BCUT2D eigenvalue weighted by molar-refractivity contribution is 5.57. The lowest BCUT2D eigenvalue weighted by molar-refractivity contribution is -0.136. The van der Waals surface area contributed by atoms with E-state index in [1.165, 1.54) is 0 Å². The maximum absolute atomic E-state index is 11.4. The molecule has 0 saturated carbocycles. The van der Waals surface area contributed by atoms with Gasteiger partial charge in [-0.3, -0.25) is 0 Å². The van der Waals surface area contributed by atoms with Crippen molar-refractivity contribution in [3.8, 4) is 5.75 Å². The van der Waals surface area contributed by atoms with E-state index in [1.807, 2.05) is 43.3 Å². The molecule has 0 amide bonds. The first kappa shape index (κ1) is 17.4. The van der Waals surface area contributed by atoms with E-state index in [0.29, 0.717) is 13.0 Å². The molecule has 0 unspecified atom stereocenters. The lowest BCUT2D eigenvalue weighted by Gasteiger charge is -2.27. The maximum atomic E-state index is 11.4. The number of methoxy groups -OCH3 is 1. The number of allylic oxidation sites excluding steroid dienone is 1. The molecule has 0 N–H and O–H groups in total. The van der Waals surface area contributed by atoms with E-state index >= 15 is 0 Å². The highest BCUT2D eigenvalue weighted by Crippen LogP contribution is 2.19. The monoisotopic (exact) mass is 316 g/mol. The van der Waals surface area contributed by atoms with Crippen LogP contribution in [0.3, 0.4) is 0 Å². The van der Waals surface area contributed by atoms with Crippen LogP contribution in [-0.2, 0) is 20.9 Å². The summed E-state index contributed by atoms with van der Waals surface area (Å²) in [4.78, 5) is 11.4. The van der Waals surface area contributed by atoms with Crippen molar-refractivity contribution in [2.75, 3.05) is 7.11 Å². The van der Waals surface area contributed by atoms with E-state index in [0.717, 1.165) is 24.0 Å². The van der Waals surface area contributed by atoms with Crippen LogP contribution in [0.2, 0.25) is 0 Å². The van der Waals surface area contributed by atoms with Gasteiger partial charge in [0.2, 0.25) is 0 Å². The standard InChI is InChI=1S/C19H24O4/c1-3-6-17-7-4-5-8-18(19(13-20)23-17)22-14-15-9-11-16(21-2)12-10-15/h3-6,9-13,17-19H,7-8,14H2,1-2H3/b5-4-,6-3+/t17-,18-,19+/m0/s1. The van der Waals surface area contributed by atoms with Gasteiger partial charge < -0.3 is 19.0 Å². The topological polar surface area (TPSA) is 44.8 Å². The largest absolute Gasteiger partial charge is 0.497 e. The third-order valence-electron chi connectivity index (χ3n) is 3.77. The average Bonchev–Trinajstić information content (AvgIpc) is 2.57. The fourth-order valence-corrected chi connectivity index (χ4v) is 2.49. The zero-order valence-corrected chi connectivity index (χ0v) is 13.7. The van der Waals surface area contributed by atoms with Gasteiger partial charge in [0.15, 0.2) is 6.29 Å². The Kier molecular flexibility index (Phi) is 7.04. The van der Waals surface area contributed by atoms with E-state index < -0.39 is 6.10 Å². The molecule has 124 valence electrons. The Hall–Kier alpha value is -1.91. The number of aldehydes is 1. The molecular weight excluding hydrogens is 292 g/mol. The quantitative estimate of drug-likeness (QED) is 0.595. The Balaban J connectivity index is 1.99. The molecule has 4 heteroatoms. The zero-order valence-electron chi connectivity index (χ0n) is 13.7. The predicted molar refractivity (Wildman–Crippen MR) is 89.5 cm³/mol. The molecule has 1 aromatic carbocycles. The number of hydrogen-bond donors (Lipinski definition) is 0. The molecule has 1 aromatic rings. The molecule has 0 spiro atoms. The molecule has 0 radical (unpaired) electrons. The summed E-state index contributed by atoms with van der Waals surface area (Å²) >= 11 is 0. The van der Waals surface area contributed by atoms with Gasteiger partial charge in [-0.15, -0.1) is 0 Å². The van der Waals surface area contributed by atoms with Crippen molar-refractivity contribution >= 4 is 6.29 Å². The molecule has 2 rings (SSSR count). The molecule has 4 nitrogen and oxygen atoms in total. The van der Waals surface area contributed by atoms with Crippen LogP contribution in [0.5, 0.6) is 5.75 Å². The van der Waals surface area contributed by atoms with Crippen molar-refractivity contribution in [3.63, 3.8) is 0 Å². The first-order chi connectivity index (χ1) is 11.3. The number of benzene rings is 1. The molecule has 23 heavy (non-hydrogen) atoms. The van der Waals surface area contributed by atoms with Crippen molar-refractivity contribution in [1.82, 2.24) is 0 Å². The highest BCUT2D eigenvalue weighted by atomic mass is 16.5. The van der Waals surface area contributed by atoms with Gasteiger partial charge in [-0.1, -0.05) is 36.4 Å². The second-order valence-corrected chi connectivity index (χ2v) is 5.44. The molecule has 1 aliphatic heterocycles. The van der Waals surface area contributed by atoms with Gasteiger partial charge in [-0.25, -0.2) is 0 Å². The van der Waals surface area contributed by atoms with E-state index in [-0.39, 0.29) is 12.2 Å². The van der Waals surface area contributed by atoms with Crippen LogP contribution in [0.25, 0.3) is 0 Å². The zero-order chi connectivity index (χ0) is 16.5. The molecule has 3 atom stereocenters. The molecular formula is C19H24O4. The molecule has 0 bridgehead atoms. The van der Waals surface area contributed by atoms with Crippen LogP contribution < -0.4 is 4.74 Å². The molecule has 1 aliphatic rings. The van der Waals surface area contributed by atoms with Gasteiger partial charge in [0.05, 0.1) is 25.9 Å². The minimum atomic E-state index is -0.556. The molecule has 0 aromatic heterocycles. The molecule has 0 saturated heterocycles. The van der Waals surface area contributed by atoms with Gasteiger partial charge in [0.1, 0.15) is 11.9 Å². The van der Waals surface area contributed by atoms with Gasteiger partial charge in [0.25, 0.3) is 0 Å². The minimum absolute atomic E-state index is 0.0844. The van der Waals surface area contributed by atoms with Crippen molar-refractivity contribution in [1.29, 1.82) is 0 Å². The van der Waals surface area contributed by atoms with Crippen molar-refractivity contribution < 1.29 is 19.0 Å². The smallest absolute Gasteiger partial charge is 0.151 e. The second-order valence-electron chi connectivity index (χ2n) is 5.44. The van der Waals surface area contributed by atoms with Crippen LogP contribution in [0.4, 0.5) is 0 Å². The first-order valence-electron chi connectivity index (χ1n) is 7.90. The second kappa shape index (κ2) is 9.28. The summed E-state index contributed by atoms with van der Waals surface area (Å²) in [5, 5.41) is 0. The summed E-state index contributed by atoms with van der Waals surface area (Å²) < 4.78 is 16.9. The van der Waals surface area contributed by atoms with Crippen LogP contribution in [-0.4, -0.2) is 31.7 Å². The fourth-order valence-electron chi connectivity index (χ4n) is 2.49. The molecule has 0 aliphatic carbocycles. The van der Waals surface area contributed by atoms with Crippen LogP contribution in [0.15, 0.2) is 48.6 Å². The van der Waals surface area contributed by atoms with Gasteiger partial charge >= 0.3 is 0 Å². The Bertz CT molecular complexity index is 533. The number of hydrogen-bond acceptors (Lipinski definition) is 4. The number of carbonyl (C=O) groups is 1. The maximum Gasteiger partial charge on any atom is 0.151 e. The minimum Gasteiger partial charge on any atom is -0.497 e. The summed E-state index contributed by atoms with van der Waals surface area (Å²) in [6.07, 6.45) is 9.42. The van der Waals surface area contributed by atoms with Crippen molar-refractivity contribution in [2.24, 2.45) is 0 Å². The number of ether oxygens (including phenoxy) is 3. The van der Waals surface area contributed by atoms with Crippen LogP contribution in [0, 0.1) is 0 Å². The Morgan fingerprint density at radius 1 is 1.22 bits per heavy atom. The average molecular weight is 316 g/mol. The Morgan fingerprint density at radius 3 is 2.61 bits per heavy atom. The summed E-state index contributed by atoms with van der Waals surface area (Å²) in [5.74, 6) is 0.811. The summed E-state index contributed by atoms with van der Waals surface area (Å²) in [6.45, 7) is 2.38. The van der Waals surface area contributed by atoms with E-state index in [2.05, 4.69) is 12.2 Å². The van der Waals surface area contributed by atoms with E-state index in [9.17, 15) is 4.79 Å². The summed E-state index contributed by atoms with van der Waals surface area (Å²) in [7, 11) is 1.64. The van der Waals surface area contributed by atoms with Crippen molar-refractivity contribution in [3.05, 3.63) is 54.1 Å². The van der Waals surface area contributed by atoms with Crippen molar-refractivity contribution in [2.45, 2.75) is 44.7 Å². The lowest BCUT2D eigenvalue weighted by Crippen LogP contribution is -2.36. The van der Waals surface area contributed by atoms with E-state index in [1.54, 1.807) is 7.11 Å². The predicted octanol–water partition coefficient (Wildman–Crippen LogP) is 3.46. The molecule has 0 fully saturated rings.